The summed E-state index contributed by atoms with van der Waals surface area (Å²) in [7, 11) is 1.54. The van der Waals surface area contributed by atoms with Crippen molar-refractivity contribution in [2.24, 2.45) is 0 Å². The van der Waals surface area contributed by atoms with E-state index < -0.39 is 23.8 Å². The van der Waals surface area contributed by atoms with Crippen LogP contribution >= 0.6 is 0 Å². The number of hydrogen-bond acceptors (Lipinski definition) is 5. The fraction of sp³-hybridized carbons (Fsp3) is 0.360. The van der Waals surface area contributed by atoms with E-state index in [1.807, 2.05) is 0 Å². The molecule has 1 saturated heterocycles. The van der Waals surface area contributed by atoms with Gasteiger partial charge in [-0.2, -0.15) is 0 Å². The number of pyridine rings is 1. The van der Waals surface area contributed by atoms with E-state index in [0.717, 1.165) is 6.07 Å². The minimum atomic E-state index is -2.89. The van der Waals surface area contributed by atoms with Gasteiger partial charge < -0.3 is 19.7 Å². The largest absolute Gasteiger partial charge is 0.493 e. The molecule has 1 aliphatic rings. The Morgan fingerprint density at radius 1 is 1.21 bits per heavy atom. The van der Waals surface area contributed by atoms with E-state index in [1.54, 1.807) is 36.2 Å². The molecule has 1 fully saturated rings. The molecule has 0 bridgehead atoms. The number of nitrogens with one attached hydrogen (secondary N) is 1. The molecule has 1 aliphatic heterocycles. The SMILES string of the molecule is COc1cc2nccc(N[C@H](C)c3cccc(C(F)F)c3F)c2cc1O[C@@H]1CCN(C(C)=O)C1. The Balaban J connectivity index is 1.64. The van der Waals surface area contributed by atoms with Crippen LogP contribution in [-0.4, -0.2) is 42.1 Å². The Bertz CT molecular complexity index is 1200. The molecule has 1 N–H and O–H groups in total. The lowest BCUT2D eigenvalue weighted by molar-refractivity contribution is -0.128. The zero-order chi connectivity index (χ0) is 24.4. The number of halogens is 3. The molecule has 4 rings (SSSR count). The number of methoxy groups -OCH3 is 1. The zero-order valence-electron chi connectivity index (χ0n) is 19.1. The summed E-state index contributed by atoms with van der Waals surface area (Å²) in [6, 6.07) is 8.68. The standard InChI is InChI=1S/C25H26F3N3O3/c1-14(17-5-4-6-18(24(17)26)25(27)28)30-20-7-9-29-21-12-22(33-3)23(11-19(20)21)34-16-8-10-31(13-16)15(2)32/h4-7,9,11-12,14,16,25H,8,10,13H2,1-3H3,(H,29,30)/t14-,16-/m1/s1. The van der Waals surface area contributed by atoms with Crippen molar-refractivity contribution in [1.82, 2.24) is 9.88 Å². The van der Waals surface area contributed by atoms with Gasteiger partial charge in [0, 0.05) is 48.8 Å². The molecule has 0 spiro atoms. The van der Waals surface area contributed by atoms with Gasteiger partial charge in [-0.15, -0.1) is 0 Å². The van der Waals surface area contributed by atoms with E-state index in [1.165, 1.54) is 26.2 Å². The summed E-state index contributed by atoms with van der Waals surface area (Å²) < 4.78 is 52.6. The second kappa shape index (κ2) is 9.79. The average Bonchev–Trinajstić information content (AvgIpc) is 3.28. The molecule has 6 nitrogen and oxygen atoms in total. The van der Waals surface area contributed by atoms with E-state index in [4.69, 9.17) is 9.47 Å². The smallest absolute Gasteiger partial charge is 0.266 e. The van der Waals surface area contributed by atoms with Crippen LogP contribution in [0.5, 0.6) is 11.5 Å². The first-order valence-corrected chi connectivity index (χ1v) is 11.0. The van der Waals surface area contributed by atoms with Gasteiger partial charge in [0.15, 0.2) is 11.5 Å². The van der Waals surface area contributed by atoms with Gasteiger partial charge in [0.05, 0.1) is 30.8 Å². The summed E-state index contributed by atoms with van der Waals surface area (Å²) >= 11 is 0. The molecule has 2 aromatic carbocycles. The normalized spacial score (nSPS) is 16.7. The third-order valence-corrected chi connectivity index (χ3v) is 6.04. The molecule has 2 atom stereocenters. The van der Waals surface area contributed by atoms with E-state index in [0.29, 0.717) is 47.6 Å². The van der Waals surface area contributed by atoms with E-state index in [2.05, 4.69) is 10.3 Å². The number of likely N-dealkylation sites (tertiary alicyclic amines) is 1. The second-order valence-corrected chi connectivity index (χ2v) is 8.29. The number of fused-ring (bicyclic) bond motifs is 1. The van der Waals surface area contributed by atoms with Crippen LogP contribution in [0, 0.1) is 5.82 Å². The van der Waals surface area contributed by atoms with Crippen molar-refractivity contribution in [1.29, 1.82) is 0 Å². The van der Waals surface area contributed by atoms with Crippen LogP contribution in [0.1, 0.15) is 43.9 Å². The summed E-state index contributed by atoms with van der Waals surface area (Å²) in [6.07, 6.45) is -0.759. The van der Waals surface area contributed by atoms with E-state index >= 15 is 0 Å². The van der Waals surface area contributed by atoms with Crippen molar-refractivity contribution in [2.75, 3.05) is 25.5 Å². The molecule has 3 aromatic rings. The molecule has 9 heteroatoms. The molecular formula is C25H26F3N3O3. The van der Waals surface area contributed by atoms with Crippen LogP contribution in [0.3, 0.4) is 0 Å². The van der Waals surface area contributed by atoms with Crippen molar-refractivity contribution in [3.05, 3.63) is 59.5 Å². The molecule has 34 heavy (non-hydrogen) atoms. The summed E-state index contributed by atoms with van der Waals surface area (Å²) in [5, 5.41) is 3.92. The summed E-state index contributed by atoms with van der Waals surface area (Å²) in [5.74, 6) is 0.0874. The average molecular weight is 473 g/mol. The number of anilines is 1. The monoisotopic (exact) mass is 473 g/mol. The number of aromatic nitrogens is 1. The van der Waals surface area contributed by atoms with Crippen LogP contribution in [0.25, 0.3) is 10.9 Å². The quantitative estimate of drug-likeness (QED) is 0.492. The van der Waals surface area contributed by atoms with Crippen LogP contribution in [0.15, 0.2) is 42.6 Å². The minimum absolute atomic E-state index is 0.00407. The Morgan fingerprint density at radius 3 is 2.65 bits per heavy atom. The molecule has 0 aliphatic carbocycles. The minimum Gasteiger partial charge on any atom is -0.493 e. The van der Waals surface area contributed by atoms with Gasteiger partial charge in [-0.05, 0) is 19.1 Å². The number of alkyl halides is 2. The van der Waals surface area contributed by atoms with E-state index in [-0.39, 0.29) is 17.6 Å². The molecule has 0 saturated carbocycles. The van der Waals surface area contributed by atoms with Gasteiger partial charge in [-0.25, -0.2) is 13.2 Å². The number of ether oxygens (including phenoxy) is 2. The third kappa shape index (κ3) is 4.73. The number of carbonyl (C=O) groups is 1. The predicted octanol–water partition coefficient (Wildman–Crippen LogP) is 5.49. The number of amides is 1. The third-order valence-electron chi connectivity index (χ3n) is 6.04. The molecule has 1 aromatic heterocycles. The Hall–Kier alpha value is -3.49. The first kappa shape index (κ1) is 23.7. The molecule has 2 heterocycles. The molecular weight excluding hydrogens is 447 g/mol. The highest BCUT2D eigenvalue weighted by Crippen LogP contribution is 2.37. The lowest BCUT2D eigenvalue weighted by Gasteiger charge is -2.21. The topological polar surface area (TPSA) is 63.7 Å². The highest BCUT2D eigenvalue weighted by Gasteiger charge is 2.27. The van der Waals surface area contributed by atoms with E-state index in [9.17, 15) is 18.0 Å². The summed E-state index contributed by atoms with van der Waals surface area (Å²) in [4.78, 5) is 17.8. The molecule has 180 valence electrons. The summed E-state index contributed by atoms with van der Waals surface area (Å²) in [6.45, 7) is 4.36. The Morgan fingerprint density at radius 2 is 1.97 bits per heavy atom. The highest BCUT2D eigenvalue weighted by atomic mass is 19.3. The molecule has 1 amide bonds. The highest BCUT2D eigenvalue weighted by molar-refractivity contribution is 5.93. The van der Waals surface area contributed by atoms with Crippen LogP contribution in [-0.2, 0) is 4.79 Å². The Labute approximate surface area is 195 Å². The fourth-order valence-electron chi connectivity index (χ4n) is 4.20. The van der Waals surface area contributed by atoms with Crippen LogP contribution < -0.4 is 14.8 Å². The van der Waals surface area contributed by atoms with Gasteiger partial charge >= 0.3 is 0 Å². The maximum atomic E-state index is 14.7. The molecule has 0 unspecified atom stereocenters. The van der Waals surface area contributed by atoms with Crippen molar-refractivity contribution in [3.8, 4) is 11.5 Å². The van der Waals surface area contributed by atoms with Crippen molar-refractivity contribution in [2.45, 2.75) is 38.8 Å². The van der Waals surface area contributed by atoms with Gasteiger partial charge in [0.25, 0.3) is 6.43 Å². The Kier molecular flexibility index (Phi) is 6.81. The van der Waals surface area contributed by atoms with Crippen LogP contribution in [0.2, 0.25) is 0 Å². The number of benzene rings is 2. The number of hydrogen-bond donors (Lipinski definition) is 1. The predicted molar refractivity (Wildman–Crippen MR) is 123 cm³/mol. The first-order chi connectivity index (χ1) is 16.3. The maximum absolute atomic E-state index is 14.7. The fourth-order valence-corrected chi connectivity index (χ4v) is 4.20. The van der Waals surface area contributed by atoms with Gasteiger partial charge in [0.1, 0.15) is 11.9 Å². The van der Waals surface area contributed by atoms with Crippen molar-refractivity contribution < 1.29 is 27.4 Å². The molecule has 0 radical (unpaired) electrons. The van der Waals surface area contributed by atoms with Crippen molar-refractivity contribution >= 4 is 22.5 Å². The number of carbonyl (C=O) groups excluding carboxylic acids is 1. The zero-order valence-corrected chi connectivity index (χ0v) is 19.1. The maximum Gasteiger partial charge on any atom is 0.266 e. The lowest BCUT2D eigenvalue weighted by atomic mass is 10.0. The number of nitrogens with zero attached hydrogens (tertiary/aromatic N) is 2. The van der Waals surface area contributed by atoms with Gasteiger partial charge in [-0.3, -0.25) is 9.78 Å². The van der Waals surface area contributed by atoms with Gasteiger partial charge in [0.2, 0.25) is 5.91 Å². The second-order valence-electron chi connectivity index (χ2n) is 8.29. The lowest BCUT2D eigenvalue weighted by Crippen LogP contribution is -2.28. The summed E-state index contributed by atoms with van der Waals surface area (Å²) in [5.41, 5.74) is 0.786. The number of rotatable bonds is 7. The van der Waals surface area contributed by atoms with Gasteiger partial charge in [-0.1, -0.05) is 18.2 Å². The first-order valence-electron chi connectivity index (χ1n) is 11.0. The van der Waals surface area contributed by atoms with Crippen LogP contribution in [0.4, 0.5) is 18.9 Å². The van der Waals surface area contributed by atoms with Crippen molar-refractivity contribution in [3.63, 3.8) is 0 Å².